The minimum atomic E-state index is -4.05. The largest absolute Gasteiger partial charge is 0.472 e. The van der Waals surface area contributed by atoms with Gasteiger partial charge in [0.05, 0.1) is 27.3 Å². The van der Waals surface area contributed by atoms with Gasteiger partial charge in [-0.3, -0.25) is 9.05 Å². The van der Waals surface area contributed by atoms with E-state index in [0.717, 1.165) is 0 Å². The average molecular weight is 340 g/mol. The lowest BCUT2D eigenvalue weighted by Crippen LogP contribution is -2.44. The summed E-state index contributed by atoms with van der Waals surface area (Å²) in [5.74, 6) is -0.428. The highest BCUT2D eigenvalue weighted by Crippen LogP contribution is 2.42. The van der Waals surface area contributed by atoms with Crippen LogP contribution >= 0.6 is 7.82 Å². The van der Waals surface area contributed by atoms with E-state index in [1.54, 1.807) is 6.92 Å². The van der Waals surface area contributed by atoms with Crippen molar-refractivity contribution in [2.75, 3.05) is 60.7 Å². The monoisotopic (exact) mass is 340 g/mol. The van der Waals surface area contributed by atoms with Crippen LogP contribution in [-0.2, 0) is 27.9 Å². The van der Waals surface area contributed by atoms with Gasteiger partial charge in [0.15, 0.2) is 0 Å². The number of carbonyl (C=O) groups excluding carboxylic acids is 1. The number of phosphoric acid groups is 1. The normalized spacial score (nSPS) is 14.4. The Bertz CT molecular complexity index is 411. The zero-order valence-electron chi connectivity index (χ0n) is 13.7. The number of quaternary nitrogens is 1. The second kappa shape index (κ2) is 10.1. The number of ether oxygens (including phenoxy) is 2. The lowest BCUT2D eigenvalue weighted by Gasteiger charge is -2.29. The number of methoxy groups -OCH3 is 1. The fourth-order valence-corrected chi connectivity index (χ4v) is 1.99. The van der Waals surface area contributed by atoms with E-state index in [1.807, 2.05) is 14.1 Å². The molecular formula is C13H27NO7P+. The Morgan fingerprint density at radius 3 is 2.23 bits per heavy atom. The summed E-state index contributed by atoms with van der Waals surface area (Å²) in [6.07, 6.45) is 0. The number of nitrogens with zero attached hydrogens (tertiary/aromatic N) is 1. The molecule has 0 saturated heterocycles. The van der Waals surface area contributed by atoms with Gasteiger partial charge >= 0.3 is 13.8 Å². The molecule has 0 bridgehead atoms. The quantitative estimate of drug-likeness (QED) is 0.186. The van der Waals surface area contributed by atoms with Crippen molar-refractivity contribution >= 4 is 13.8 Å². The maximum atomic E-state index is 11.5. The van der Waals surface area contributed by atoms with Crippen LogP contribution in [0.4, 0.5) is 0 Å². The van der Waals surface area contributed by atoms with Crippen LogP contribution in [0.1, 0.15) is 6.92 Å². The topological polar surface area (TPSA) is 91.3 Å². The van der Waals surface area contributed by atoms with Crippen molar-refractivity contribution < 1.29 is 37.3 Å². The van der Waals surface area contributed by atoms with Crippen LogP contribution in [0, 0.1) is 0 Å². The van der Waals surface area contributed by atoms with Crippen molar-refractivity contribution in [3.05, 3.63) is 12.2 Å². The first kappa shape index (κ1) is 21.2. The van der Waals surface area contributed by atoms with E-state index >= 15 is 0 Å². The van der Waals surface area contributed by atoms with Gasteiger partial charge in [0, 0.05) is 12.7 Å². The molecule has 9 heteroatoms. The molecule has 0 radical (unpaired) electrons. The Hall–Kier alpha value is -0.760. The summed E-state index contributed by atoms with van der Waals surface area (Å²) in [7, 11) is 1.21. The van der Waals surface area contributed by atoms with E-state index in [0.29, 0.717) is 23.1 Å². The second-order valence-electron chi connectivity index (χ2n) is 5.43. The molecule has 8 nitrogen and oxygen atoms in total. The van der Waals surface area contributed by atoms with Gasteiger partial charge in [-0.15, -0.1) is 0 Å². The molecule has 22 heavy (non-hydrogen) atoms. The summed E-state index contributed by atoms with van der Waals surface area (Å²) in [4.78, 5) is 20.7. The molecule has 0 fully saturated rings. The third kappa shape index (κ3) is 10.9. The van der Waals surface area contributed by atoms with Gasteiger partial charge in [-0.2, -0.15) is 0 Å². The molecule has 0 heterocycles. The number of rotatable bonds is 12. The summed E-state index contributed by atoms with van der Waals surface area (Å²) in [6.45, 7) is 6.56. The smallest absolute Gasteiger partial charge is 0.456 e. The number of hydrogen-bond acceptors (Lipinski definition) is 6. The molecule has 0 aliphatic carbocycles. The zero-order chi connectivity index (χ0) is 17.2. The van der Waals surface area contributed by atoms with Crippen molar-refractivity contribution in [3.8, 4) is 0 Å². The molecule has 0 amide bonds. The first-order valence-electron chi connectivity index (χ1n) is 6.85. The van der Waals surface area contributed by atoms with Gasteiger partial charge in [-0.05, 0) is 6.92 Å². The SMILES string of the molecule is C=C(C)C(=O)OCC[N+](C)(C)CCOP(=O)(O)OCCOC. The summed E-state index contributed by atoms with van der Waals surface area (Å²) in [5.41, 5.74) is 0.350. The van der Waals surface area contributed by atoms with E-state index in [-0.39, 0.29) is 26.4 Å². The minimum Gasteiger partial charge on any atom is -0.456 e. The summed E-state index contributed by atoms with van der Waals surface area (Å²) >= 11 is 0. The number of hydrogen-bond donors (Lipinski definition) is 1. The molecule has 0 aromatic heterocycles. The van der Waals surface area contributed by atoms with Crippen molar-refractivity contribution in [2.45, 2.75) is 6.92 Å². The summed E-state index contributed by atoms with van der Waals surface area (Å²) in [6, 6.07) is 0. The molecule has 0 rings (SSSR count). The average Bonchev–Trinajstić information content (AvgIpc) is 2.37. The van der Waals surface area contributed by atoms with Crippen LogP contribution in [-0.4, -0.2) is 76.1 Å². The van der Waals surface area contributed by atoms with Crippen LogP contribution in [0.5, 0.6) is 0 Å². The van der Waals surface area contributed by atoms with Crippen LogP contribution in [0.2, 0.25) is 0 Å². The van der Waals surface area contributed by atoms with Gasteiger partial charge in [-0.1, -0.05) is 6.58 Å². The highest BCUT2D eigenvalue weighted by Gasteiger charge is 2.23. The van der Waals surface area contributed by atoms with Crippen LogP contribution in [0.25, 0.3) is 0 Å². The number of likely N-dealkylation sites (N-methyl/N-ethyl adjacent to an activating group) is 1. The van der Waals surface area contributed by atoms with Crippen LogP contribution in [0.3, 0.4) is 0 Å². The highest BCUT2D eigenvalue weighted by molar-refractivity contribution is 7.47. The van der Waals surface area contributed by atoms with Crippen molar-refractivity contribution in [2.24, 2.45) is 0 Å². The molecule has 1 unspecified atom stereocenters. The number of esters is 1. The van der Waals surface area contributed by atoms with E-state index in [4.69, 9.17) is 18.5 Å². The predicted molar refractivity (Wildman–Crippen MR) is 81.2 cm³/mol. The Balaban J connectivity index is 3.98. The van der Waals surface area contributed by atoms with Gasteiger partial charge < -0.3 is 18.9 Å². The van der Waals surface area contributed by atoms with E-state index in [2.05, 4.69) is 6.58 Å². The maximum Gasteiger partial charge on any atom is 0.472 e. The molecule has 130 valence electrons. The Morgan fingerprint density at radius 1 is 1.14 bits per heavy atom. The fourth-order valence-electron chi connectivity index (χ4n) is 1.30. The lowest BCUT2D eigenvalue weighted by molar-refractivity contribution is -0.890. The molecule has 1 N–H and O–H groups in total. The Morgan fingerprint density at radius 2 is 1.68 bits per heavy atom. The Kier molecular flexibility index (Phi) is 9.75. The third-order valence-electron chi connectivity index (χ3n) is 2.77. The summed E-state index contributed by atoms with van der Waals surface area (Å²) in [5, 5.41) is 0. The minimum absolute atomic E-state index is 0.0145. The van der Waals surface area contributed by atoms with Crippen LogP contribution < -0.4 is 0 Å². The van der Waals surface area contributed by atoms with E-state index in [9.17, 15) is 14.3 Å². The number of phosphoric ester groups is 1. The first-order chi connectivity index (χ1) is 10.1. The third-order valence-corrected chi connectivity index (χ3v) is 3.79. The first-order valence-corrected chi connectivity index (χ1v) is 8.34. The van der Waals surface area contributed by atoms with Crippen molar-refractivity contribution in [1.82, 2.24) is 0 Å². The molecule has 1 atom stereocenters. The lowest BCUT2D eigenvalue weighted by atomic mass is 10.4. The molecule has 0 saturated carbocycles. The Labute approximate surface area is 131 Å². The molecule has 0 aliphatic heterocycles. The van der Waals surface area contributed by atoms with Gasteiger partial charge in [-0.25, -0.2) is 9.36 Å². The van der Waals surface area contributed by atoms with E-state index < -0.39 is 13.8 Å². The molecule has 0 aromatic rings. The molecule has 0 spiro atoms. The molecular weight excluding hydrogens is 313 g/mol. The van der Waals surface area contributed by atoms with Crippen molar-refractivity contribution in [3.63, 3.8) is 0 Å². The van der Waals surface area contributed by atoms with Crippen LogP contribution in [0.15, 0.2) is 12.2 Å². The van der Waals surface area contributed by atoms with Crippen molar-refractivity contribution in [1.29, 1.82) is 0 Å². The zero-order valence-corrected chi connectivity index (χ0v) is 14.6. The molecule has 0 aromatic carbocycles. The van der Waals surface area contributed by atoms with Gasteiger partial charge in [0.2, 0.25) is 0 Å². The summed E-state index contributed by atoms with van der Waals surface area (Å²) < 4.78 is 31.3. The standard InChI is InChI=1S/C13H26NO7P/c1-12(2)13(15)19-8-6-14(3,4)7-9-20-22(16,17)21-11-10-18-5/h1,6-11H2,2-5H3/p+1. The molecule has 0 aliphatic rings. The highest BCUT2D eigenvalue weighted by atomic mass is 31.2. The number of carbonyl (C=O) groups is 1. The van der Waals surface area contributed by atoms with E-state index in [1.165, 1.54) is 7.11 Å². The predicted octanol–water partition coefficient (Wildman–Crippen LogP) is 0.962. The van der Waals surface area contributed by atoms with Gasteiger partial charge in [0.1, 0.15) is 26.3 Å². The van der Waals surface area contributed by atoms with Gasteiger partial charge in [0.25, 0.3) is 0 Å². The second-order valence-corrected chi connectivity index (χ2v) is 6.88. The fraction of sp³-hybridized carbons (Fsp3) is 0.769. The maximum absolute atomic E-state index is 11.5.